The van der Waals surface area contributed by atoms with Crippen LogP contribution in [-0.4, -0.2) is 25.8 Å². The average Bonchev–Trinajstić information content (AvgIpc) is 2.36. The Kier molecular flexibility index (Phi) is 7.25. The number of nitrogens with one attached hydrogen (secondary N) is 1. The summed E-state index contributed by atoms with van der Waals surface area (Å²) in [6, 6.07) is 4.88. The molecule has 4 heteroatoms. The molecule has 0 aliphatic heterocycles. The van der Waals surface area contributed by atoms with E-state index in [4.69, 9.17) is 16.3 Å². The average molecular weight is 274 g/mol. The van der Waals surface area contributed by atoms with Crippen LogP contribution in [0.1, 0.15) is 25.8 Å². The standard InChI is InChI=1S/C14H21ClFNO/c1-3-8-17-11(10-18-4-2)9-12-13(15)6-5-7-14(12)16/h5-7,11,17H,3-4,8-10H2,1-2H3. The molecule has 18 heavy (non-hydrogen) atoms. The first-order chi connectivity index (χ1) is 8.69. The first-order valence-electron chi connectivity index (χ1n) is 6.43. The van der Waals surface area contributed by atoms with Crippen LogP contribution in [0, 0.1) is 5.82 Å². The third-order valence-corrected chi connectivity index (χ3v) is 3.07. The maximum absolute atomic E-state index is 13.7. The van der Waals surface area contributed by atoms with Gasteiger partial charge in [-0.1, -0.05) is 24.6 Å². The van der Waals surface area contributed by atoms with Crippen molar-refractivity contribution < 1.29 is 9.13 Å². The van der Waals surface area contributed by atoms with Crippen LogP contribution in [0.25, 0.3) is 0 Å². The summed E-state index contributed by atoms with van der Waals surface area (Å²) in [6.07, 6.45) is 1.58. The summed E-state index contributed by atoms with van der Waals surface area (Å²) in [4.78, 5) is 0. The van der Waals surface area contributed by atoms with Gasteiger partial charge in [-0.3, -0.25) is 0 Å². The Hall–Kier alpha value is -0.640. The van der Waals surface area contributed by atoms with Crippen molar-refractivity contribution in [1.29, 1.82) is 0 Å². The molecule has 0 bridgehead atoms. The van der Waals surface area contributed by atoms with Crippen LogP contribution >= 0.6 is 11.6 Å². The Bertz CT molecular complexity index is 331. The van der Waals surface area contributed by atoms with Crippen LogP contribution in [0.2, 0.25) is 5.02 Å². The molecule has 102 valence electrons. The van der Waals surface area contributed by atoms with E-state index in [0.29, 0.717) is 30.2 Å². The minimum absolute atomic E-state index is 0.0966. The number of hydrogen-bond acceptors (Lipinski definition) is 2. The molecule has 2 nitrogen and oxygen atoms in total. The molecule has 0 saturated heterocycles. The van der Waals surface area contributed by atoms with Crippen LogP contribution in [0.4, 0.5) is 4.39 Å². The summed E-state index contributed by atoms with van der Waals surface area (Å²) >= 11 is 6.03. The van der Waals surface area contributed by atoms with Crippen LogP contribution in [0.5, 0.6) is 0 Å². The molecule has 1 N–H and O–H groups in total. The Morgan fingerprint density at radius 2 is 2.17 bits per heavy atom. The smallest absolute Gasteiger partial charge is 0.127 e. The molecular formula is C14H21ClFNO. The molecule has 0 aliphatic rings. The topological polar surface area (TPSA) is 21.3 Å². The quantitative estimate of drug-likeness (QED) is 0.784. The molecule has 0 amide bonds. The third kappa shape index (κ3) is 4.92. The minimum Gasteiger partial charge on any atom is -0.380 e. The van der Waals surface area contributed by atoms with E-state index in [9.17, 15) is 4.39 Å². The fourth-order valence-electron chi connectivity index (χ4n) is 1.77. The van der Waals surface area contributed by atoms with Crippen molar-refractivity contribution in [2.75, 3.05) is 19.8 Å². The molecule has 1 aromatic rings. The molecule has 1 unspecified atom stereocenters. The Labute approximate surface area is 113 Å². The van der Waals surface area contributed by atoms with Crippen molar-refractivity contribution >= 4 is 11.6 Å². The van der Waals surface area contributed by atoms with Crippen molar-refractivity contribution in [3.63, 3.8) is 0 Å². The molecule has 1 atom stereocenters. The van der Waals surface area contributed by atoms with Gasteiger partial charge in [0.25, 0.3) is 0 Å². The van der Waals surface area contributed by atoms with E-state index in [1.54, 1.807) is 12.1 Å². The van der Waals surface area contributed by atoms with Gasteiger partial charge in [-0.2, -0.15) is 0 Å². The maximum Gasteiger partial charge on any atom is 0.127 e. The molecule has 0 spiro atoms. The third-order valence-electron chi connectivity index (χ3n) is 2.72. The zero-order chi connectivity index (χ0) is 13.4. The van der Waals surface area contributed by atoms with Gasteiger partial charge in [-0.15, -0.1) is 0 Å². The van der Waals surface area contributed by atoms with Crippen molar-refractivity contribution in [3.05, 3.63) is 34.6 Å². The van der Waals surface area contributed by atoms with E-state index in [1.807, 2.05) is 6.92 Å². The van der Waals surface area contributed by atoms with E-state index in [2.05, 4.69) is 12.2 Å². The highest BCUT2D eigenvalue weighted by Gasteiger charge is 2.14. The van der Waals surface area contributed by atoms with Gasteiger partial charge in [0.1, 0.15) is 5.82 Å². The summed E-state index contributed by atoms with van der Waals surface area (Å²) < 4.78 is 19.1. The number of halogens is 2. The first-order valence-corrected chi connectivity index (χ1v) is 6.80. The van der Waals surface area contributed by atoms with Gasteiger partial charge in [-0.05, 0) is 38.4 Å². The number of ether oxygens (including phenoxy) is 1. The predicted octanol–water partition coefficient (Wildman–Crippen LogP) is 3.43. The molecule has 1 rings (SSSR count). The Morgan fingerprint density at radius 3 is 2.78 bits per heavy atom. The fraction of sp³-hybridized carbons (Fsp3) is 0.571. The van der Waals surface area contributed by atoms with Crippen molar-refractivity contribution in [2.24, 2.45) is 0 Å². The largest absolute Gasteiger partial charge is 0.380 e. The lowest BCUT2D eigenvalue weighted by molar-refractivity contribution is 0.122. The molecule has 0 radical (unpaired) electrons. The van der Waals surface area contributed by atoms with E-state index in [1.165, 1.54) is 6.07 Å². The van der Waals surface area contributed by atoms with Gasteiger partial charge < -0.3 is 10.1 Å². The van der Waals surface area contributed by atoms with Gasteiger partial charge in [0.2, 0.25) is 0 Å². The number of benzene rings is 1. The summed E-state index contributed by atoms with van der Waals surface area (Å²) in [5.74, 6) is -0.248. The Morgan fingerprint density at radius 1 is 1.39 bits per heavy atom. The molecule has 1 aromatic carbocycles. The molecule has 0 heterocycles. The summed E-state index contributed by atoms with van der Waals surface area (Å²) in [5.41, 5.74) is 0.562. The molecule has 0 saturated carbocycles. The van der Waals surface area contributed by atoms with Crippen LogP contribution < -0.4 is 5.32 Å². The van der Waals surface area contributed by atoms with Gasteiger partial charge in [0.15, 0.2) is 0 Å². The van der Waals surface area contributed by atoms with Crippen LogP contribution in [-0.2, 0) is 11.2 Å². The second-order valence-electron chi connectivity index (χ2n) is 4.21. The first kappa shape index (κ1) is 15.4. The Balaban J connectivity index is 2.68. The monoisotopic (exact) mass is 273 g/mol. The van der Waals surface area contributed by atoms with Crippen LogP contribution in [0.15, 0.2) is 18.2 Å². The maximum atomic E-state index is 13.7. The van der Waals surface area contributed by atoms with Gasteiger partial charge >= 0.3 is 0 Å². The minimum atomic E-state index is -0.248. The van der Waals surface area contributed by atoms with Gasteiger partial charge in [-0.25, -0.2) is 4.39 Å². The normalized spacial score (nSPS) is 12.7. The highest BCUT2D eigenvalue weighted by Crippen LogP contribution is 2.20. The van der Waals surface area contributed by atoms with Gasteiger partial charge in [0.05, 0.1) is 6.61 Å². The van der Waals surface area contributed by atoms with Crippen molar-refractivity contribution in [3.8, 4) is 0 Å². The number of hydrogen-bond donors (Lipinski definition) is 1. The second-order valence-corrected chi connectivity index (χ2v) is 4.62. The summed E-state index contributed by atoms with van der Waals surface area (Å²) in [6.45, 7) is 6.17. The lowest BCUT2D eigenvalue weighted by Gasteiger charge is -2.19. The lowest BCUT2D eigenvalue weighted by Crippen LogP contribution is -2.36. The predicted molar refractivity (Wildman–Crippen MR) is 73.7 cm³/mol. The molecular weight excluding hydrogens is 253 g/mol. The second kappa shape index (κ2) is 8.46. The van der Waals surface area contributed by atoms with Crippen molar-refractivity contribution in [1.82, 2.24) is 5.32 Å². The zero-order valence-corrected chi connectivity index (χ0v) is 11.8. The van der Waals surface area contributed by atoms with E-state index < -0.39 is 0 Å². The highest BCUT2D eigenvalue weighted by atomic mass is 35.5. The van der Waals surface area contributed by atoms with E-state index >= 15 is 0 Å². The molecule has 0 aliphatic carbocycles. The van der Waals surface area contributed by atoms with Gasteiger partial charge in [0, 0.05) is 23.2 Å². The number of rotatable bonds is 8. The summed E-state index contributed by atoms with van der Waals surface area (Å²) in [5, 5.41) is 3.84. The van der Waals surface area contributed by atoms with E-state index in [-0.39, 0.29) is 11.9 Å². The molecule has 0 aromatic heterocycles. The van der Waals surface area contributed by atoms with Crippen LogP contribution in [0.3, 0.4) is 0 Å². The van der Waals surface area contributed by atoms with Crippen molar-refractivity contribution in [2.45, 2.75) is 32.7 Å². The highest BCUT2D eigenvalue weighted by molar-refractivity contribution is 6.31. The molecule has 0 fully saturated rings. The fourth-order valence-corrected chi connectivity index (χ4v) is 2.01. The lowest BCUT2D eigenvalue weighted by atomic mass is 10.1. The SMILES string of the molecule is CCCNC(COCC)Cc1c(F)cccc1Cl. The summed E-state index contributed by atoms with van der Waals surface area (Å²) in [7, 11) is 0. The van der Waals surface area contributed by atoms with E-state index in [0.717, 1.165) is 13.0 Å². The zero-order valence-electron chi connectivity index (χ0n) is 11.0.